The van der Waals surface area contributed by atoms with Gasteiger partial charge < -0.3 is 25.4 Å². The van der Waals surface area contributed by atoms with Gasteiger partial charge in [0.25, 0.3) is 17.7 Å². The number of hydrogen-bond acceptors (Lipinski definition) is 6. The van der Waals surface area contributed by atoms with Crippen molar-refractivity contribution in [2.75, 3.05) is 13.2 Å². The van der Waals surface area contributed by atoms with E-state index in [1.807, 2.05) is 0 Å². The highest BCUT2D eigenvalue weighted by Gasteiger charge is 2.33. The molecule has 4 aromatic rings. The number of nitrogens with zero attached hydrogens (tertiary/aromatic N) is 3. The Morgan fingerprint density at radius 3 is 2.30 bits per heavy atom. The fourth-order valence-electron chi connectivity index (χ4n) is 5.11. The van der Waals surface area contributed by atoms with Crippen molar-refractivity contribution in [3.8, 4) is 17.2 Å². The number of hydrogen-bond donors (Lipinski definition) is 2. The molecule has 0 saturated carbocycles. The van der Waals surface area contributed by atoms with E-state index >= 15 is 4.39 Å². The molecule has 2 heterocycles. The summed E-state index contributed by atoms with van der Waals surface area (Å²) in [6, 6.07) is 13.5. The smallest absolute Gasteiger partial charge is 0.422 e. The largest absolute Gasteiger partial charge is 0.484 e. The zero-order valence-electron chi connectivity index (χ0n) is 26.4. The first kappa shape index (κ1) is 36.5. The van der Waals surface area contributed by atoms with Crippen LogP contribution in [-0.2, 0) is 24.4 Å². The number of aromatic nitrogens is 2. The third-order valence-corrected chi connectivity index (χ3v) is 9.01. The molecule has 0 fully saturated rings. The highest BCUT2D eigenvalue weighted by Crippen LogP contribution is 2.27. The van der Waals surface area contributed by atoms with Gasteiger partial charge >= 0.3 is 11.9 Å². The van der Waals surface area contributed by atoms with E-state index in [-0.39, 0.29) is 65.9 Å². The van der Waals surface area contributed by atoms with E-state index in [1.54, 1.807) is 12.1 Å². The van der Waals surface area contributed by atoms with Gasteiger partial charge in [0.1, 0.15) is 23.0 Å². The van der Waals surface area contributed by atoms with E-state index in [4.69, 9.17) is 26.8 Å². The van der Waals surface area contributed by atoms with Gasteiger partial charge in [0, 0.05) is 41.3 Å². The molecule has 0 radical (unpaired) electrons. The molecule has 1 aromatic heterocycles. The molecule has 0 spiro atoms. The molecule has 3 amide bonds. The summed E-state index contributed by atoms with van der Waals surface area (Å²) in [7, 11) is 0. The zero-order valence-corrected chi connectivity index (χ0v) is 28.8. The van der Waals surface area contributed by atoms with Gasteiger partial charge in [-0.1, -0.05) is 17.7 Å². The van der Waals surface area contributed by atoms with Crippen LogP contribution in [-0.4, -0.2) is 56.7 Å². The molecule has 3 aromatic carbocycles. The summed E-state index contributed by atoms with van der Waals surface area (Å²) in [5, 5.41) is 2.92. The predicted molar refractivity (Wildman–Crippen MR) is 177 cm³/mol. The summed E-state index contributed by atoms with van der Waals surface area (Å²) in [5.74, 6) is -2.84. The van der Waals surface area contributed by atoms with Gasteiger partial charge in [0.15, 0.2) is 12.2 Å². The van der Waals surface area contributed by atoms with Gasteiger partial charge in [-0.2, -0.15) is 13.2 Å². The van der Waals surface area contributed by atoms with Crippen molar-refractivity contribution in [3.63, 3.8) is 0 Å². The minimum absolute atomic E-state index is 0.0158. The van der Waals surface area contributed by atoms with Crippen LogP contribution in [0.2, 0.25) is 5.02 Å². The Bertz CT molecular complexity index is 2030. The van der Waals surface area contributed by atoms with Crippen LogP contribution in [0.25, 0.3) is 5.69 Å². The fourth-order valence-corrected chi connectivity index (χ4v) is 5.54. The Hall–Kier alpha value is -4.83. The maximum Gasteiger partial charge on any atom is 0.422 e. The second kappa shape index (κ2) is 14.2. The Morgan fingerprint density at radius 1 is 1.00 bits per heavy atom. The van der Waals surface area contributed by atoms with Crippen LogP contribution >= 0.6 is 27.5 Å². The number of nitrogens with one attached hydrogen (secondary N) is 1. The van der Waals surface area contributed by atoms with E-state index in [0.717, 1.165) is 10.6 Å². The second-order valence-electron chi connectivity index (χ2n) is 11.7. The van der Waals surface area contributed by atoms with Crippen molar-refractivity contribution in [1.29, 1.82) is 0 Å². The van der Waals surface area contributed by atoms with E-state index in [0.29, 0.717) is 9.50 Å². The lowest BCUT2D eigenvalue weighted by atomic mass is 10.1. The number of alkyl halides is 3. The number of carbonyl (C=O) groups excluding carboxylic acids is 3. The van der Waals surface area contributed by atoms with Gasteiger partial charge in [-0.15, -0.1) is 0 Å². The van der Waals surface area contributed by atoms with E-state index in [2.05, 4.69) is 21.2 Å². The lowest BCUT2D eigenvalue weighted by Gasteiger charge is -2.28. The minimum Gasteiger partial charge on any atom is -0.484 e. The summed E-state index contributed by atoms with van der Waals surface area (Å²) in [5.41, 5.74) is 3.71. The fraction of sp³-hybridized carbons (Fsp3) is 0.273. The lowest BCUT2D eigenvalue weighted by Crippen LogP contribution is -2.43. The highest BCUT2D eigenvalue weighted by atomic mass is 79.9. The number of ether oxygens (including phenoxy) is 2. The Labute approximate surface area is 295 Å². The predicted octanol–water partition coefficient (Wildman–Crippen LogP) is 5.36. The number of carbonyl (C=O) groups is 3. The number of amides is 3. The topological polar surface area (TPSA) is 138 Å². The number of fused-ring (bicyclic) bond motifs is 1. The molecule has 264 valence electrons. The van der Waals surface area contributed by atoms with Crippen molar-refractivity contribution in [2.45, 2.75) is 45.3 Å². The molecule has 5 rings (SSSR count). The average Bonchev–Trinajstić information content (AvgIpc) is 3.35. The highest BCUT2D eigenvalue weighted by molar-refractivity contribution is 9.10. The number of benzene rings is 3. The maximum absolute atomic E-state index is 15.1. The molecule has 0 aliphatic carbocycles. The van der Waals surface area contributed by atoms with Crippen LogP contribution in [0.1, 0.15) is 46.0 Å². The summed E-state index contributed by atoms with van der Waals surface area (Å²) < 4.78 is 66.4. The Morgan fingerprint density at radius 2 is 1.68 bits per heavy atom. The lowest BCUT2D eigenvalue weighted by molar-refractivity contribution is -0.153. The average molecular weight is 783 g/mol. The van der Waals surface area contributed by atoms with Crippen LogP contribution in [0.3, 0.4) is 0 Å². The first-order valence-corrected chi connectivity index (χ1v) is 16.1. The molecule has 1 aliphatic heterocycles. The first-order chi connectivity index (χ1) is 23.4. The number of nitrogens with two attached hydrogens (primary N) is 1. The summed E-state index contributed by atoms with van der Waals surface area (Å²) >= 11 is 9.48. The second-order valence-corrected chi connectivity index (χ2v) is 13.0. The number of primary amides is 1. The quantitative estimate of drug-likeness (QED) is 0.208. The summed E-state index contributed by atoms with van der Waals surface area (Å²) in [6.07, 6.45) is -4.57. The molecular weight excluding hydrogens is 754 g/mol. The Balaban J connectivity index is 1.47. The molecule has 11 nitrogen and oxygen atoms in total. The van der Waals surface area contributed by atoms with Crippen LogP contribution < -0.4 is 26.2 Å². The van der Waals surface area contributed by atoms with Crippen LogP contribution in [0.5, 0.6) is 11.5 Å². The van der Waals surface area contributed by atoms with Crippen molar-refractivity contribution in [2.24, 2.45) is 5.73 Å². The van der Waals surface area contributed by atoms with Gasteiger partial charge in [-0.3, -0.25) is 23.5 Å². The van der Waals surface area contributed by atoms with E-state index in [1.165, 1.54) is 65.8 Å². The van der Waals surface area contributed by atoms with Crippen molar-refractivity contribution in [1.82, 2.24) is 19.4 Å². The maximum atomic E-state index is 15.1. The third-order valence-electron chi connectivity index (χ3n) is 7.78. The molecule has 0 atom stereocenters. The molecule has 50 heavy (non-hydrogen) atoms. The van der Waals surface area contributed by atoms with Crippen molar-refractivity contribution >= 4 is 45.3 Å². The number of halogens is 6. The van der Waals surface area contributed by atoms with Crippen LogP contribution in [0.15, 0.2) is 69.9 Å². The monoisotopic (exact) mass is 781 g/mol. The Kier molecular flexibility index (Phi) is 10.3. The third kappa shape index (κ3) is 7.97. The van der Waals surface area contributed by atoms with Crippen LogP contribution in [0, 0.1) is 5.82 Å². The minimum atomic E-state index is -4.57. The molecule has 17 heteroatoms. The number of imidazole rings is 1. The SMILES string of the molecule is CC(C)(Oc1ccc(CNC(=O)c2c3n(c(=O)n2-c2ccc(OCC(F)(F)F)cc2)CCN(C(=O)c2ccc(Br)c(Cl)c2)C3)c(F)c1)C(N)=O. The standard InChI is InChI=1S/C33H29BrClF4N5O6/c1-32(2,30(40)47)50-22-7-3-19(25(36)14-22)15-41-28(45)27-26-16-42(29(46)18-4-10-23(34)24(35)13-18)11-12-43(26)31(48)44(27)20-5-8-21(9-6-20)49-17-33(37,38)39/h3-10,13-14H,11-12,15-17H2,1-2H3,(H2,40,47)(H,41,45). The molecule has 1 aliphatic rings. The van der Waals surface area contributed by atoms with Crippen LogP contribution in [0.4, 0.5) is 17.6 Å². The molecular formula is C33H29BrClF4N5O6. The van der Waals surface area contributed by atoms with Crippen molar-refractivity contribution in [3.05, 3.63) is 109 Å². The van der Waals surface area contributed by atoms with Gasteiger partial charge in [0.05, 0.1) is 22.9 Å². The van der Waals surface area contributed by atoms with Gasteiger partial charge in [0.2, 0.25) is 0 Å². The first-order valence-electron chi connectivity index (χ1n) is 14.9. The van der Waals surface area contributed by atoms with E-state index in [9.17, 15) is 32.3 Å². The zero-order chi connectivity index (χ0) is 36.5. The van der Waals surface area contributed by atoms with Gasteiger partial charge in [-0.25, -0.2) is 9.18 Å². The normalized spacial score (nSPS) is 13.1. The van der Waals surface area contributed by atoms with E-state index < -0.39 is 47.6 Å². The molecule has 0 bridgehead atoms. The molecule has 0 unspecified atom stereocenters. The van der Waals surface area contributed by atoms with Crippen molar-refractivity contribution < 1.29 is 41.4 Å². The summed E-state index contributed by atoms with van der Waals surface area (Å²) in [6.45, 7) is 0.938. The molecule has 0 saturated heterocycles. The molecule has 3 N–H and O–H groups in total. The summed E-state index contributed by atoms with van der Waals surface area (Å²) in [4.78, 5) is 54.2. The van der Waals surface area contributed by atoms with Gasteiger partial charge in [-0.05, 0) is 78.3 Å². The number of rotatable bonds is 10.